The van der Waals surface area contributed by atoms with E-state index in [1.54, 1.807) is 18.0 Å². The number of nitrogens with zero attached hydrogens (tertiary/aromatic N) is 10. The molecule has 12 nitrogen and oxygen atoms in total. The second-order valence-electron chi connectivity index (χ2n) is 8.07. The van der Waals surface area contributed by atoms with Gasteiger partial charge in [0.25, 0.3) is 0 Å². The Hall–Kier alpha value is -4.07. The second-order valence-corrected chi connectivity index (χ2v) is 8.07. The Kier molecular flexibility index (Phi) is 6.03. The molecule has 182 valence electrons. The minimum absolute atomic E-state index is 0.0730. The van der Waals surface area contributed by atoms with Crippen LogP contribution in [-0.4, -0.2) is 83.2 Å². The van der Waals surface area contributed by atoms with Crippen molar-refractivity contribution in [3.63, 3.8) is 0 Å². The van der Waals surface area contributed by atoms with E-state index in [0.29, 0.717) is 44.0 Å². The van der Waals surface area contributed by atoms with Crippen LogP contribution in [0.15, 0.2) is 29.8 Å². The van der Waals surface area contributed by atoms with Crippen LogP contribution < -0.4 is 4.90 Å². The Balaban J connectivity index is 1.28. The van der Waals surface area contributed by atoms with Crippen LogP contribution in [0, 0.1) is 18.6 Å². The number of aliphatic hydroxyl groups is 1. The van der Waals surface area contributed by atoms with Crippen LogP contribution in [0.25, 0.3) is 5.82 Å². The molecule has 0 spiro atoms. The topological polar surface area (TPSA) is 129 Å². The average Bonchev–Trinajstić information content (AvgIpc) is 3.51. The summed E-state index contributed by atoms with van der Waals surface area (Å²) in [6, 6.07) is 0.651. The van der Waals surface area contributed by atoms with Gasteiger partial charge in [-0.05, 0) is 18.6 Å². The van der Waals surface area contributed by atoms with Crippen molar-refractivity contribution in [2.24, 2.45) is 5.10 Å². The van der Waals surface area contributed by atoms with Gasteiger partial charge in [0.1, 0.15) is 18.2 Å². The van der Waals surface area contributed by atoms with Gasteiger partial charge in [-0.25, -0.2) is 28.6 Å². The number of anilines is 1. The van der Waals surface area contributed by atoms with E-state index in [2.05, 4.69) is 30.1 Å². The molecule has 1 saturated heterocycles. The zero-order chi connectivity index (χ0) is 24.5. The number of halogens is 2. The molecular weight excluding hydrogens is 462 g/mol. The van der Waals surface area contributed by atoms with E-state index in [1.165, 1.54) is 22.0 Å². The molecule has 0 radical (unpaired) electrons. The molecule has 3 aromatic rings. The van der Waals surface area contributed by atoms with Gasteiger partial charge in [0.2, 0.25) is 5.95 Å². The quantitative estimate of drug-likeness (QED) is 0.585. The zero-order valence-corrected chi connectivity index (χ0v) is 18.8. The van der Waals surface area contributed by atoms with Gasteiger partial charge < -0.3 is 14.9 Å². The molecule has 1 N–H and O–H groups in total. The Morgan fingerprint density at radius 3 is 2.66 bits per heavy atom. The van der Waals surface area contributed by atoms with Crippen LogP contribution >= 0.6 is 0 Å². The van der Waals surface area contributed by atoms with Gasteiger partial charge in [-0.2, -0.15) is 14.8 Å². The normalized spacial score (nSPS) is 17.9. The molecule has 2 amide bonds. The van der Waals surface area contributed by atoms with Crippen LogP contribution in [0.2, 0.25) is 0 Å². The van der Waals surface area contributed by atoms with Gasteiger partial charge in [0.05, 0.1) is 18.4 Å². The molecule has 35 heavy (non-hydrogen) atoms. The third-order valence-electron chi connectivity index (χ3n) is 5.84. The Morgan fingerprint density at radius 2 is 1.94 bits per heavy atom. The van der Waals surface area contributed by atoms with Crippen molar-refractivity contribution in [2.75, 3.05) is 31.1 Å². The summed E-state index contributed by atoms with van der Waals surface area (Å²) in [5.41, 5.74) is 0.578. The molecule has 0 saturated carbocycles. The highest BCUT2D eigenvalue weighted by atomic mass is 19.1. The van der Waals surface area contributed by atoms with Gasteiger partial charge in [-0.1, -0.05) is 0 Å². The maximum absolute atomic E-state index is 14.5. The molecule has 3 aromatic heterocycles. The molecule has 0 aliphatic carbocycles. The van der Waals surface area contributed by atoms with Gasteiger partial charge in [0, 0.05) is 45.0 Å². The predicted molar refractivity (Wildman–Crippen MR) is 119 cm³/mol. The molecule has 2 aliphatic rings. The number of pyridine rings is 1. The summed E-state index contributed by atoms with van der Waals surface area (Å²) in [7, 11) is 0. The standard InChI is InChI=1S/C21H22F2N10O2/c1-13-27-18(12-34)29-32(13)19-16(23)11-25-20(28-19)30-4-6-31(7-5-30)21(35)33-17(2-3-26-33)14-8-15(22)10-24-9-14/h3,8-11,17,34H,2,4-7,12H2,1H3. The van der Waals surface area contributed by atoms with Crippen LogP contribution in [-0.2, 0) is 6.61 Å². The summed E-state index contributed by atoms with van der Waals surface area (Å²) < 4.78 is 29.3. The van der Waals surface area contributed by atoms with Crippen LogP contribution in [0.4, 0.5) is 19.5 Å². The summed E-state index contributed by atoms with van der Waals surface area (Å²) >= 11 is 0. The first kappa shape index (κ1) is 22.7. The van der Waals surface area contributed by atoms with Crippen molar-refractivity contribution in [3.8, 4) is 5.82 Å². The number of hydrogen-bond acceptors (Lipinski definition) is 9. The molecule has 1 atom stereocenters. The molecule has 1 unspecified atom stereocenters. The molecular formula is C21H22F2N10O2. The van der Waals surface area contributed by atoms with E-state index in [9.17, 15) is 18.7 Å². The van der Waals surface area contributed by atoms with E-state index in [4.69, 9.17) is 0 Å². The largest absolute Gasteiger partial charge is 0.388 e. The summed E-state index contributed by atoms with van der Waals surface area (Å²) in [6.45, 7) is 2.82. The highest BCUT2D eigenvalue weighted by Gasteiger charge is 2.34. The molecule has 5 heterocycles. The van der Waals surface area contributed by atoms with Gasteiger partial charge in [-0.15, -0.1) is 5.10 Å². The second kappa shape index (κ2) is 9.29. The number of hydrogen-bond donors (Lipinski definition) is 1. The highest BCUT2D eigenvalue weighted by Crippen LogP contribution is 2.29. The van der Waals surface area contributed by atoms with E-state index in [1.807, 2.05) is 4.90 Å². The SMILES string of the molecule is Cc1nc(CO)nn1-c1nc(N2CCN(C(=O)N3N=CCC3c3cncc(F)c3)CC2)ncc1F. The Bertz CT molecular complexity index is 1270. The first-order valence-corrected chi connectivity index (χ1v) is 11.0. The monoisotopic (exact) mass is 484 g/mol. The van der Waals surface area contributed by atoms with Crippen LogP contribution in [0.3, 0.4) is 0 Å². The first-order chi connectivity index (χ1) is 16.9. The fourth-order valence-electron chi connectivity index (χ4n) is 4.09. The smallest absolute Gasteiger partial charge is 0.341 e. The number of aliphatic hydroxyl groups excluding tert-OH is 1. The minimum atomic E-state index is -0.676. The number of hydrazone groups is 1. The van der Waals surface area contributed by atoms with Crippen LogP contribution in [0.5, 0.6) is 0 Å². The van der Waals surface area contributed by atoms with Gasteiger partial charge in [-0.3, -0.25) is 4.98 Å². The van der Waals surface area contributed by atoms with Crippen molar-refractivity contribution in [1.82, 2.24) is 39.6 Å². The van der Waals surface area contributed by atoms with Crippen molar-refractivity contribution in [1.29, 1.82) is 0 Å². The summed E-state index contributed by atoms with van der Waals surface area (Å²) in [4.78, 5) is 33.0. The maximum atomic E-state index is 14.5. The number of carbonyl (C=O) groups excluding carboxylic acids is 1. The van der Waals surface area contributed by atoms with Gasteiger partial charge in [0.15, 0.2) is 17.5 Å². The number of carbonyl (C=O) groups is 1. The van der Waals surface area contributed by atoms with Crippen molar-refractivity contribution in [3.05, 3.63) is 53.5 Å². The lowest BCUT2D eigenvalue weighted by molar-refractivity contribution is 0.139. The van der Waals surface area contributed by atoms with E-state index in [0.717, 1.165) is 12.4 Å². The zero-order valence-electron chi connectivity index (χ0n) is 18.8. The lowest BCUT2D eigenvalue weighted by atomic mass is 10.1. The van der Waals surface area contributed by atoms with E-state index in [-0.39, 0.29) is 30.2 Å². The third kappa shape index (κ3) is 4.39. The number of rotatable bonds is 4. The lowest BCUT2D eigenvalue weighted by Crippen LogP contribution is -2.52. The van der Waals surface area contributed by atoms with E-state index >= 15 is 0 Å². The number of urea groups is 1. The Morgan fingerprint density at radius 1 is 1.14 bits per heavy atom. The van der Waals surface area contributed by atoms with Crippen molar-refractivity contribution < 1.29 is 18.7 Å². The summed E-state index contributed by atoms with van der Waals surface area (Å²) in [5, 5.41) is 18.9. The number of aryl methyl sites for hydroxylation is 1. The Labute approximate surface area is 198 Å². The number of piperazine rings is 1. The first-order valence-electron chi connectivity index (χ1n) is 11.0. The lowest BCUT2D eigenvalue weighted by Gasteiger charge is -2.37. The van der Waals surface area contributed by atoms with E-state index < -0.39 is 17.7 Å². The molecule has 14 heteroatoms. The summed E-state index contributed by atoms with van der Waals surface area (Å²) in [6.07, 6.45) is 5.81. The molecule has 1 fully saturated rings. The maximum Gasteiger partial charge on any atom is 0.341 e. The van der Waals surface area contributed by atoms with Crippen LogP contribution in [0.1, 0.15) is 29.7 Å². The molecule has 0 aromatic carbocycles. The fraction of sp³-hybridized carbons (Fsp3) is 0.381. The van der Waals surface area contributed by atoms with Gasteiger partial charge >= 0.3 is 6.03 Å². The molecule has 2 aliphatic heterocycles. The number of amides is 2. The summed E-state index contributed by atoms with van der Waals surface area (Å²) in [5.74, 6) is -0.395. The minimum Gasteiger partial charge on any atom is -0.388 e. The fourth-order valence-corrected chi connectivity index (χ4v) is 4.09. The predicted octanol–water partition coefficient (Wildman–Crippen LogP) is 1.21. The highest BCUT2D eigenvalue weighted by molar-refractivity contribution is 5.78. The third-order valence-corrected chi connectivity index (χ3v) is 5.84. The molecule has 0 bridgehead atoms. The van der Waals surface area contributed by atoms with Crippen molar-refractivity contribution in [2.45, 2.75) is 26.0 Å². The molecule has 5 rings (SSSR count). The number of aromatic nitrogens is 6. The van der Waals surface area contributed by atoms with Crippen molar-refractivity contribution >= 4 is 18.2 Å². The average molecular weight is 484 g/mol.